The quantitative estimate of drug-likeness (QED) is 0.898. The number of anilines is 3. The standard InChI is InChI=1S/C12H14ClFN4/c1-3-18-12(11(15)7(2)17-18)16-9-6-4-5-8(13)10(9)14/h4-6,16H,3,15H2,1-2H3. The molecule has 0 fully saturated rings. The summed E-state index contributed by atoms with van der Waals surface area (Å²) >= 11 is 5.73. The fourth-order valence-electron chi connectivity index (χ4n) is 1.68. The van der Waals surface area contributed by atoms with Crippen molar-refractivity contribution in [3.05, 3.63) is 34.7 Å². The Balaban J connectivity index is 2.43. The summed E-state index contributed by atoms with van der Waals surface area (Å²) in [5, 5.41) is 7.26. The largest absolute Gasteiger partial charge is 0.394 e. The number of nitrogen functional groups attached to an aromatic ring is 1. The van der Waals surface area contributed by atoms with Crippen LogP contribution in [-0.2, 0) is 6.54 Å². The van der Waals surface area contributed by atoms with Crippen molar-refractivity contribution in [3.8, 4) is 0 Å². The van der Waals surface area contributed by atoms with E-state index in [4.69, 9.17) is 17.3 Å². The summed E-state index contributed by atoms with van der Waals surface area (Å²) in [4.78, 5) is 0. The van der Waals surface area contributed by atoms with Crippen molar-refractivity contribution < 1.29 is 4.39 Å². The summed E-state index contributed by atoms with van der Waals surface area (Å²) in [5.74, 6) is 0.0799. The third kappa shape index (κ3) is 2.13. The molecule has 1 aromatic carbocycles. The van der Waals surface area contributed by atoms with Gasteiger partial charge in [-0.15, -0.1) is 0 Å². The number of nitrogens with one attached hydrogen (secondary N) is 1. The molecule has 0 unspecified atom stereocenters. The molecule has 0 saturated carbocycles. The molecule has 0 amide bonds. The van der Waals surface area contributed by atoms with E-state index in [1.807, 2.05) is 6.92 Å². The van der Waals surface area contributed by atoms with Crippen LogP contribution < -0.4 is 11.1 Å². The summed E-state index contributed by atoms with van der Waals surface area (Å²) in [5.41, 5.74) is 7.42. The Morgan fingerprint density at radius 2 is 2.22 bits per heavy atom. The molecule has 3 N–H and O–H groups in total. The molecule has 0 aliphatic carbocycles. The van der Waals surface area contributed by atoms with Gasteiger partial charge in [-0.2, -0.15) is 5.10 Å². The Morgan fingerprint density at radius 1 is 1.50 bits per heavy atom. The van der Waals surface area contributed by atoms with Gasteiger partial charge in [0.05, 0.1) is 22.1 Å². The molecule has 2 rings (SSSR count). The maximum Gasteiger partial charge on any atom is 0.165 e. The Morgan fingerprint density at radius 3 is 2.89 bits per heavy atom. The van der Waals surface area contributed by atoms with Crippen LogP contribution >= 0.6 is 11.6 Å². The molecule has 2 aromatic rings. The van der Waals surface area contributed by atoms with Crippen molar-refractivity contribution in [2.24, 2.45) is 0 Å². The van der Waals surface area contributed by atoms with E-state index in [9.17, 15) is 4.39 Å². The summed E-state index contributed by atoms with van der Waals surface area (Å²) in [6.07, 6.45) is 0. The molecule has 6 heteroatoms. The van der Waals surface area contributed by atoms with E-state index in [0.717, 1.165) is 0 Å². The highest BCUT2D eigenvalue weighted by Crippen LogP contribution is 2.29. The van der Waals surface area contributed by atoms with Crippen LogP contribution in [0.15, 0.2) is 18.2 Å². The number of hydrogen-bond acceptors (Lipinski definition) is 3. The molecule has 1 heterocycles. The average molecular weight is 269 g/mol. The van der Waals surface area contributed by atoms with Gasteiger partial charge in [0.25, 0.3) is 0 Å². The summed E-state index contributed by atoms with van der Waals surface area (Å²) in [7, 11) is 0. The highest BCUT2D eigenvalue weighted by molar-refractivity contribution is 6.31. The molecular formula is C12H14ClFN4. The van der Waals surface area contributed by atoms with E-state index in [-0.39, 0.29) is 10.7 Å². The van der Waals surface area contributed by atoms with Crippen molar-refractivity contribution in [1.29, 1.82) is 0 Å². The molecule has 4 nitrogen and oxygen atoms in total. The number of nitrogens with two attached hydrogens (primary N) is 1. The van der Waals surface area contributed by atoms with Crippen LogP contribution in [0, 0.1) is 12.7 Å². The van der Waals surface area contributed by atoms with Gasteiger partial charge >= 0.3 is 0 Å². The average Bonchev–Trinajstić information content (AvgIpc) is 2.62. The van der Waals surface area contributed by atoms with E-state index in [0.29, 0.717) is 23.7 Å². The first-order chi connectivity index (χ1) is 8.54. The summed E-state index contributed by atoms with van der Waals surface area (Å²) < 4.78 is 15.5. The number of rotatable bonds is 3. The minimum atomic E-state index is -0.500. The van der Waals surface area contributed by atoms with Gasteiger partial charge < -0.3 is 11.1 Å². The van der Waals surface area contributed by atoms with Crippen LogP contribution in [0.4, 0.5) is 21.6 Å². The van der Waals surface area contributed by atoms with Crippen molar-refractivity contribution in [2.45, 2.75) is 20.4 Å². The molecule has 1 aromatic heterocycles. The topological polar surface area (TPSA) is 55.9 Å². The molecule has 0 aliphatic rings. The van der Waals surface area contributed by atoms with E-state index in [2.05, 4.69) is 10.4 Å². The SMILES string of the molecule is CCn1nc(C)c(N)c1Nc1cccc(Cl)c1F. The van der Waals surface area contributed by atoms with E-state index < -0.39 is 5.82 Å². The van der Waals surface area contributed by atoms with Crippen molar-refractivity contribution in [3.63, 3.8) is 0 Å². The van der Waals surface area contributed by atoms with Crippen LogP contribution in [0.3, 0.4) is 0 Å². The molecule has 96 valence electrons. The minimum Gasteiger partial charge on any atom is -0.394 e. The molecule has 0 bridgehead atoms. The first-order valence-electron chi connectivity index (χ1n) is 5.58. The third-order valence-electron chi connectivity index (χ3n) is 2.68. The summed E-state index contributed by atoms with van der Waals surface area (Å²) in [6.45, 7) is 4.38. The lowest BCUT2D eigenvalue weighted by Crippen LogP contribution is -2.05. The lowest BCUT2D eigenvalue weighted by atomic mass is 10.3. The predicted octanol–water partition coefficient (Wildman–Crippen LogP) is 3.33. The fourth-order valence-corrected chi connectivity index (χ4v) is 1.86. The van der Waals surface area contributed by atoms with Crippen molar-refractivity contribution in [1.82, 2.24) is 9.78 Å². The second-order valence-corrected chi connectivity index (χ2v) is 4.30. The zero-order valence-electron chi connectivity index (χ0n) is 10.2. The third-order valence-corrected chi connectivity index (χ3v) is 2.97. The Hall–Kier alpha value is -1.75. The number of halogens is 2. The van der Waals surface area contributed by atoms with E-state index in [1.54, 1.807) is 23.7 Å². The van der Waals surface area contributed by atoms with E-state index >= 15 is 0 Å². The lowest BCUT2D eigenvalue weighted by molar-refractivity contribution is 0.629. The fraction of sp³-hybridized carbons (Fsp3) is 0.250. The van der Waals surface area contributed by atoms with Crippen molar-refractivity contribution in [2.75, 3.05) is 11.1 Å². The Bertz CT molecular complexity index is 580. The molecule has 18 heavy (non-hydrogen) atoms. The highest BCUT2D eigenvalue weighted by Gasteiger charge is 2.14. The van der Waals surface area contributed by atoms with Crippen molar-refractivity contribution >= 4 is 28.8 Å². The Labute approximate surface area is 110 Å². The van der Waals surface area contributed by atoms with Crippen LogP contribution in [0.2, 0.25) is 5.02 Å². The van der Waals surface area contributed by atoms with Gasteiger partial charge in [-0.3, -0.25) is 0 Å². The van der Waals surface area contributed by atoms with Crippen LogP contribution in [0.1, 0.15) is 12.6 Å². The van der Waals surface area contributed by atoms with Gasteiger partial charge in [-0.1, -0.05) is 17.7 Å². The molecule has 0 spiro atoms. The van der Waals surface area contributed by atoms with E-state index in [1.165, 1.54) is 6.07 Å². The molecular weight excluding hydrogens is 255 g/mol. The molecule has 0 saturated heterocycles. The smallest absolute Gasteiger partial charge is 0.165 e. The number of benzene rings is 1. The highest BCUT2D eigenvalue weighted by atomic mass is 35.5. The number of aromatic nitrogens is 2. The molecule has 0 atom stereocenters. The zero-order valence-corrected chi connectivity index (χ0v) is 10.9. The predicted molar refractivity (Wildman–Crippen MR) is 71.7 cm³/mol. The second-order valence-electron chi connectivity index (χ2n) is 3.89. The normalized spacial score (nSPS) is 10.7. The zero-order chi connectivity index (χ0) is 13.3. The Kier molecular flexibility index (Phi) is 3.43. The maximum absolute atomic E-state index is 13.8. The lowest BCUT2D eigenvalue weighted by Gasteiger charge is -2.10. The van der Waals surface area contributed by atoms with Gasteiger partial charge in [0.1, 0.15) is 0 Å². The minimum absolute atomic E-state index is 0.0675. The number of nitrogens with zero attached hydrogens (tertiary/aromatic N) is 2. The molecule has 0 aliphatic heterocycles. The number of hydrogen-bond donors (Lipinski definition) is 2. The van der Waals surface area contributed by atoms with Gasteiger partial charge in [0.15, 0.2) is 11.6 Å². The van der Waals surface area contributed by atoms with Crippen LogP contribution in [0.5, 0.6) is 0 Å². The second kappa shape index (κ2) is 4.86. The summed E-state index contributed by atoms with van der Waals surface area (Å²) in [6, 6.07) is 4.76. The first-order valence-corrected chi connectivity index (χ1v) is 5.96. The van der Waals surface area contributed by atoms with Crippen LogP contribution in [-0.4, -0.2) is 9.78 Å². The van der Waals surface area contributed by atoms with Gasteiger partial charge in [-0.25, -0.2) is 9.07 Å². The maximum atomic E-state index is 13.8. The van der Waals surface area contributed by atoms with Crippen LogP contribution in [0.25, 0.3) is 0 Å². The van der Waals surface area contributed by atoms with Gasteiger partial charge in [-0.05, 0) is 26.0 Å². The molecule has 0 radical (unpaired) electrons. The van der Waals surface area contributed by atoms with Gasteiger partial charge in [0.2, 0.25) is 0 Å². The first kappa shape index (κ1) is 12.7. The number of aryl methyl sites for hydroxylation is 2. The van der Waals surface area contributed by atoms with Gasteiger partial charge in [0, 0.05) is 6.54 Å². The monoisotopic (exact) mass is 268 g/mol.